The van der Waals surface area contributed by atoms with E-state index in [1.54, 1.807) is 0 Å². The van der Waals surface area contributed by atoms with Gasteiger partial charge in [-0.15, -0.1) is 0 Å². The lowest BCUT2D eigenvalue weighted by Gasteiger charge is -2.03. The maximum Gasteiger partial charge on any atom is 0.338 e. The van der Waals surface area contributed by atoms with Crippen LogP contribution < -0.4 is 4.67 Å². The van der Waals surface area contributed by atoms with Crippen LogP contribution in [0.25, 0.3) is 0 Å². The number of halogens is 3. The summed E-state index contributed by atoms with van der Waals surface area (Å²) in [5, 5.41) is 9.21. The quantitative estimate of drug-likeness (QED) is 0.821. The van der Waals surface area contributed by atoms with Crippen LogP contribution in [0.2, 0.25) is 5.15 Å². The molecule has 94 valence electrons. The Hall–Kier alpha value is -0.830. The first-order valence-electron chi connectivity index (χ1n) is 4.37. The van der Waals surface area contributed by atoms with Gasteiger partial charge >= 0.3 is 5.97 Å². The van der Waals surface area contributed by atoms with E-state index in [2.05, 4.69) is 25.3 Å². The fourth-order valence-corrected chi connectivity index (χ4v) is 3.67. The van der Waals surface area contributed by atoms with E-state index in [1.165, 1.54) is 10.3 Å². The van der Waals surface area contributed by atoms with Crippen molar-refractivity contribution in [2.24, 2.45) is 4.99 Å². The van der Waals surface area contributed by atoms with Gasteiger partial charge in [-0.3, -0.25) is 0 Å². The predicted octanol–water partition coefficient (Wildman–Crippen LogP) is 3.69. The second-order valence-corrected chi connectivity index (χ2v) is 6.09. The van der Waals surface area contributed by atoms with Gasteiger partial charge in [0.25, 0.3) is 0 Å². The SMILES string of the molecule is O=C(O)c1cc(F)cc(Br)c1N=c1ssnc1Cl. The molecule has 0 aliphatic rings. The van der Waals surface area contributed by atoms with Gasteiger partial charge in [0.1, 0.15) is 5.82 Å². The molecule has 0 unspecified atom stereocenters. The fourth-order valence-electron chi connectivity index (χ4n) is 1.17. The number of hydrogen-bond acceptors (Lipinski definition) is 5. The van der Waals surface area contributed by atoms with Crippen molar-refractivity contribution in [3.63, 3.8) is 0 Å². The number of nitrogens with zero attached hydrogens (tertiary/aromatic N) is 2. The van der Waals surface area contributed by atoms with Gasteiger partial charge in [0.05, 0.1) is 11.3 Å². The van der Waals surface area contributed by atoms with Gasteiger partial charge in [0.15, 0.2) is 9.82 Å². The lowest BCUT2D eigenvalue weighted by molar-refractivity contribution is 0.0697. The highest BCUT2D eigenvalue weighted by Crippen LogP contribution is 2.30. The average Bonchev–Trinajstić information content (AvgIpc) is 2.67. The van der Waals surface area contributed by atoms with Crippen molar-refractivity contribution in [3.05, 3.63) is 37.8 Å². The molecular weight excluding hydrogens is 367 g/mol. The van der Waals surface area contributed by atoms with Gasteiger partial charge < -0.3 is 5.11 Å². The molecule has 1 aromatic heterocycles. The topological polar surface area (TPSA) is 62.5 Å². The van der Waals surface area contributed by atoms with Crippen molar-refractivity contribution >= 4 is 60.1 Å². The molecule has 1 heterocycles. The molecule has 0 fully saturated rings. The average molecular weight is 370 g/mol. The van der Waals surface area contributed by atoms with Crippen molar-refractivity contribution in [1.82, 2.24) is 4.37 Å². The summed E-state index contributed by atoms with van der Waals surface area (Å²) < 4.78 is 17.6. The molecule has 4 nitrogen and oxygen atoms in total. The van der Waals surface area contributed by atoms with E-state index in [1.807, 2.05) is 0 Å². The summed E-state index contributed by atoms with van der Waals surface area (Å²) in [6.07, 6.45) is 0. The number of benzene rings is 1. The van der Waals surface area contributed by atoms with Crippen LogP contribution in [0.3, 0.4) is 0 Å². The van der Waals surface area contributed by atoms with Gasteiger partial charge in [-0.05, 0) is 38.4 Å². The van der Waals surface area contributed by atoms with Crippen LogP contribution in [-0.2, 0) is 0 Å². The molecule has 0 bridgehead atoms. The van der Waals surface area contributed by atoms with Crippen molar-refractivity contribution in [2.75, 3.05) is 0 Å². The van der Waals surface area contributed by atoms with Gasteiger partial charge in [0.2, 0.25) is 0 Å². The molecule has 1 aromatic carbocycles. The van der Waals surface area contributed by atoms with E-state index in [0.29, 0.717) is 4.67 Å². The van der Waals surface area contributed by atoms with Crippen LogP contribution in [0.4, 0.5) is 10.1 Å². The smallest absolute Gasteiger partial charge is 0.338 e. The molecule has 0 saturated heterocycles. The van der Waals surface area contributed by atoms with E-state index in [-0.39, 0.29) is 20.9 Å². The van der Waals surface area contributed by atoms with Crippen LogP contribution in [0.1, 0.15) is 10.4 Å². The molecule has 2 rings (SSSR count). The highest BCUT2D eigenvalue weighted by Gasteiger charge is 2.15. The molecule has 1 N–H and O–H groups in total. The Labute approximate surface area is 121 Å². The second-order valence-electron chi connectivity index (χ2n) is 3.05. The third-order valence-electron chi connectivity index (χ3n) is 1.88. The molecule has 0 aliphatic carbocycles. The number of aromatic carboxylic acids is 1. The Morgan fingerprint density at radius 1 is 1.56 bits per heavy atom. The fraction of sp³-hybridized carbons (Fsp3) is 0. The van der Waals surface area contributed by atoms with E-state index in [0.717, 1.165) is 22.7 Å². The van der Waals surface area contributed by atoms with Crippen LogP contribution in [0, 0.1) is 5.82 Å². The number of carboxylic acids is 1. The summed E-state index contributed by atoms with van der Waals surface area (Å²) in [5.41, 5.74) is -0.126. The number of hydrogen-bond donors (Lipinski definition) is 1. The molecule has 0 spiro atoms. The number of carboxylic acid groups (broad SMARTS) is 1. The monoisotopic (exact) mass is 368 g/mol. The van der Waals surface area contributed by atoms with Crippen molar-refractivity contribution in [1.29, 1.82) is 0 Å². The lowest BCUT2D eigenvalue weighted by atomic mass is 10.2. The Bertz CT molecular complexity index is 685. The van der Waals surface area contributed by atoms with Crippen molar-refractivity contribution in [2.45, 2.75) is 0 Å². The Balaban J connectivity index is 2.72. The molecular formula is C9H3BrClFN2O2S2. The molecule has 0 amide bonds. The Morgan fingerprint density at radius 3 is 2.83 bits per heavy atom. The third-order valence-corrected chi connectivity index (χ3v) is 4.66. The van der Waals surface area contributed by atoms with Crippen LogP contribution in [0.5, 0.6) is 0 Å². The highest BCUT2D eigenvalue weighted by atomic mass is 79.9. The van der Waals surface area contributed by atoms with E-state index >= 15 is 0 Å². The number of aromatic nitrogens is 1. The Kier molecular flexibility index (Phi) is 4.10. The minimum absolute atomic E-state index is 0.113. The standard InChI is InChI=1S/C9H3BrClFN2O2S2/c10-5-2-3(12)1-4(9(15)16)6(5)13-8-7(11)14-18-17-8/h1-2H,(H,15,16). The summed E-state index contributed by atoms with van der Waals surface area (Å²) in [7, 11) is 2.34. The predicted molar refractivity (Wildman–Crippen MR) is 71.3 cm³/mol. The number of carbonyl (C=O) groups is 1. The first kappa shape index (κ1) is 13.6. The van der Waals surface area contributed by atoms with Crippen LogP contribution >= 0.6 is 48.4 Å². The largest absolute Gasteiger partial charge is 0.478 e. The Morgan fingerprint density at radius 2 is 2.28 bits per heavy atom. The lowest BCUT2D eigenvalue weighted by Crippen LogP contribution is -2.01. The van der Waals surface area contributed by atoms with Gasteiger partial charge in [-0.2, -0.15) is 4.37 Å². The van der Waals surface area contributed by atoms with Crippen LogP contribution in [-0.4, -0.2) is 15.4 Å². The summed E-state index contributed by atoms with van der Waals surface area (Å²) in [5.74, 6) is -1.92. The minimum Gasteiger partial charge on any atom is -0.478 e. The second kappa shape index (κ2) is 5.43. The maximum absolute atomic E-state index is 13.2. The third kappa shape index (κ3) is 2.77. The summed E-state index contributed by atoms with van der Waals surface area (Å²) in [6, 6.07) is 2.05. The zero-order valence-electron chi connectivity index (χ0n) is 8.35. The van der Waals surface area contributed by atoms with E-state index in [9.17, 15) is 9.18 Å². The minimum atomic E-state index is -1.27. The molecule has 18 heavy (non-hydrogen) atoms. The van der Waals surface area contributed by atoms with Crippen molar-refractivity contribution < 1.29 is 14.3 Å². The molecule has 0 radical (unpaired) electrons. The molecule has 2 aromatic rings. The highest BCUT2D eigenvalue weighted by molar-refractivity contribution is 9.10. The van der Waals surface area contributed by atoms with E-state index < -0.39 is 11.8 Å². The first-order valence-corrected chi connectivity index (χ1v) is 7.65. The zero-order chi connectivity index (χ0) is 13.3. The molecule has 9 heteroatoms. The number of rotatable bonds is 2. The summed E-state index contributed by atoms with van der Waals surface area (Å²) in [6.45, 7) is 0. The molecule has 0 aliphatic heterocycles. The first-order chi connectivity index (χ1) is 8.49. The van der Waals surface area contributed by atoms with Gasteiger partial charge in [0, 0.05) is 15.0 Å². The van der Waals surface area contributed by atoms with Crippen molar-refractivity contribution in [3.8, 4) is 0 Å². The molecule has 0 atom stereocenters. The summed E-state index contributed by atoms with van der Waals surface area (Å²) in [4.78, 5) is 15.2. The zero-order valence-corrected chi connectivity index (χ0v) is 12.3. The normalized spacial score (nSPS) is 11.8. The van der Waals surface area contributed by atoms with Crippen LogP contribution in [0.15, 0.2) is 21.6 Å². The maximum atomic E-state index is 13.2. The van der Waals surface area contributed by atoms with E-state index in [4.69, 9.17) is 16.7 Å². The molecule has 0 saturated carbocycles. The van der Waals surface area contributed by atoms with Gasteiger partial charge in [-0.1, -0.05) is 11.6 Å². The van der Waals surface area contributed by atoms with Gasteiger partial charge in [-0.25, -0.2) is 14.2 Å². The summed E-state index contributed by atoms with van der Waals surface area (Å²) >= 11 is 8.87.